The molecule has 11 nitrogen and oxygen atoms in total. The van der Waals surface area contributed by atoms with Crippen molar-refractivity contribution in [3.8, 4) is 11.4 Å². The zero-order valence-corrected chi connectivity index (χ0v) is 17.8. The Hall–Kier alpha value is -3.96. The number of hydrogen-bond donors (Lipinski definition) is 4. The molecule has 5 rings (SSSR count). The summed E-state index contributed by atoms with van der Waals surface area (Å²) in [5.74, 6) is 12.4. The molecule has 3 heterocycles. The first-order valence-electron chi connectivity index (χ1n) is 10.6. The van der Waals surface area contributed by atoms with Gasteiger partial charge in [-0.1, -0.05) is 6.07 Å². The van der Waals surface area contributed by atoms with Crippen LogP contribution in [0.15, 0.2) is 54.2 Å². The molecular formula is C22H24N8O3. The highest BCUT2D eigenvalue weighted by atomic mass is 16.5. The van der Waals surface area contributed by atoms with Gasteiger partial charge in [-0.2, -0.15) is 5.10 Å². The first kappa shape index (κ1) is 20.9. The fraction of sp³-hybridized carbons (Fsp3) is 0.273. The van der Waals surface area contributed by atoms with E-state index in [2.05, 4.69) is 20.4 Å². The highest BCUT2D eigenvalue weighted by Gasteiger charge is 2.29. The van der Waals surface area contributed by atoms with Crippen molar-refractivity contribution in [1.82, 2.24) is 19.5 Å². The summed E-state index contributed by atoms with van der Waals surface area (Å²) in [6.07, 6.45) is 7.66. The minimum Gasteiger partial charge on any atom is -0.488 e. The van der Waals surface area contributed by atoms with Crippen LogP contribution in [0.3, 0.4) is 0 Å². The van der Waals surface area contributed by atoms with Crippen LogP contribution in [0.5, 0.6) is 5.75 Å². The molecule has 11 heteroatoms. The van der Waals surface area contributed by atoms with E-state index in [1.807, 2.05) is 16.8 Å². The van der Waals surface area contributed by atoms with Crippen molar-refractivity contribution >= 4 is 17.4 Å². The quantitative estimate of drug-likeness (QED) is 0.332. The van der Waals surface area contributed by atoms with Crippen LogP contribution in [0.2, 0.25) is 0 Å². The molecule has 1 fully saturated rings. The van der Waals surface area contributed by atoms with Gasteiger partial charge in [0.15, 0.2) is 11.6 Å². The Morgan fingerprint density at radius 2 is 2.15 bits per heavy atom. The number of nitrogens with two attached hydrogens (primary N) is 2. The zero-order valence-electron chi connectivity index (χ0n) is 17.8. The number of aromatic nitrogens is 3. The molecule has 33 heavy (non-hydrogen) atoms. The second-order valence-corrected chi connectivity index (χ2v) is 8.02. The summed E-state index contributed by atoms with van der Waals surface area (Å²) in [5.41, 5.74) is 3.01. The Morgan fingerprint density at radius 1 is 1.30 bits per heavy atom. The molecule has 1 aliphatic heterocycles. The number of pyridine rings is 1. The second-order valence-electron chi connectivity index (χ2n) is 8.02. The van der Waals surface area contributed by atoms with Crippen molar-refractivity contribution < 1.29 is 14.6 Å². The molecule has 3 aromatic rings. The third-order valence-corrected chi connectivity index (χ3v) is 5.77. The normalized spacial score (nSPS) is 19.0. The van der Waals surface area contributed by atoms with E-state index < -0.39 is 11.9 Å². The molecule has 0 spiro atoms. The van der Waals surface area contributed by atoms with Gasteiger partial charge in [0, 0.05) is 18.3 Å². The van der Waals surface area contributed by atoms with Gasteiger partial charge in [-0.3, -0.25) is 14.8 Å². The number of hydrazine groups is 1. The number of anilines is 1. The first-order chi connectivity index (χ1) is 16.1. The van der Waals surface area contributed by atoms with Crippen molar-refractivity contribution in [2.45, 2.75) is 24.8 Å². The van der Waals surface area contributed by atoms with E-state index in [1.54, 1.807) is 36.8 Å². The van der Waals surface area contributed by atoms with Gasteiger partial charge in [0.1, 0.15) is 18.3 Å². The molecule has 1 unspecified atom stereocenters. The smallest absolute Gasteiger partial charge is 0.274 e. The number of nitrogens with one attached hydrogen (secondary N) is 1. The van der Waals surface area contributed by atoms with E-state index in [0.717, 1.165) is 11.4 Å². The van der Waals surface area contributed by atoms with Crippen molar-refractivity contribution in [3.63, 3.8) is 0 Å². The summed E-state index contributed by atoms with van der Waals surface area (Å²) in [4.78, 5) is 21.7. The average molecular weight is 448 g/mol. The van der Waals surface area contributed by atoms with E-state index in [0.29, 0.717) is 22.9 Å². The number of nitrogens with zero attached hydrogens (tertiary/aromatic N) is 5. The number of amides is 1. The molecule has 170 valence electrons. The van der Waals surface area contributed by atoms with Gasteiger partial charge in [-0.15, -0.1) is 0 Å². The molecular weight excluding hydrogens is 424 g/mol. The van der Waals surface area contributed by atoms with Gasteiger partial charge in [-0.25, -0.2) is 10.8 Å². The average Bonchev–Trinajstić information content (AvgIpc) is 3.59. The van der Waals surface area contributed by atoms with E-state index in [-0.39, 0.29) is 24.7 Å². The minimum atomic E-state index is -0.544. The molecule has 6 N–H and O–H groups in total. The Balaban J connectivity index is 1.41. The number of hydrogen-bond acceptors (Lipinski definition) is 8. The highest BCUT2D eigenvalue weighted by molar-refractivity contribution is 6.07. The first-order valence-corrected chi connectivity index (χ1v) is 10.6. The van der Waals surface area contributed by atoms with Crippen molar-refractivity contribution in [3.05, 3.63) is 66.0 Å². The molecule has 2 aliphatic rings. The summed E-state index contributed by atoms with van der Waals surface area (Å²) in [7, 11) is 0. The maximum atomic E-state index is 13.0. The molecule has 1 atom stereocenters. The topological polar surface area (TPSA) is 157 Å². The van der Waals surface area contributed by atoms with Crippen LogP contribution in [0, 0.1) is 0 Å². The Morgan fingerprint density at radius 3 is 2.91 bits per heavy atom. The SMILES string of the molecule is N/N=C1/c2cccc(NC(=O)c3cc(-n4cnc(C5CC5)c4)ccn3)c2OCC(CO)N1N. The third kappa shape index (κ3) is 3.99. The number of ether oxygens (including phenoxy) is 1. The van der Waals surface area contributed by atoms with Crippen LogP contribution in [0.25, 0.3) is 5.69 Å². The predicted octanol–water partition coefficient (Wildman–Crippen LogP) is 0.946. The molecule has 2 aromatic heterocycles. The highest BCUT2D eigenvalue weighted by Crippen LogP contribution is 2.39. The molecule has 1 saturated carbocycles. The molecule has 1 aliphatic carbocycles. The molecule has 1 aromatic carbocycles. The summed E-state index contributed by atoms with van der Waals surface area (Å²) in [6.45, 7) is -0.164. The molecule has 0 radical (unpaired) electrons. The van der Waals surface area contributed by atoms with E-state index >= 15 is 0 Å². The summed E-state index contributed by atoms with van der Waals surface area (Å²) >= 11 is 0. The zero-order chi connectivity index (χ0) is 22.9. The van der Waals surface area contributed by atoms with Crippen LogP contribution in [-0.2, 0) is 0 Å². The lowest BCUT2D eigenvalue weighted by molar-refractivity contribution is 0.102. The molecule has 1 amide bonds. The summed E-state index contributed by atoms with van der Waals surface area (Å²) < 4.78 is 7.77. The number of carbonyl (C=O) groups is 1. The lowest BCUT2D eigenvalue weighted by atomic mass is 10.1. The standard InChI is InChI=1S/C22H24N8O3/c23-28-21-16-2-1-3-17(20(16)33-11-15(10-31)30(21)24)27-22(32)18-8-14(6-7-25-18)29-9-19(26-12-29)13-4-5-13/h1-3,6-9,12-13,15,31H,4-5,10-11,23-24H2,(H,27,32)/b28-21-. The third-order valence-electron chi connectivity index (χ3n) is 5.77. The largest absolute Gasteiger partial charge is 0.488 e. The van der Waals surface area contributed by atoms with Gasteiger partial charge >= 0.3 is 0 Å². The van der Waals surface area contributed by atoms with Crippen molar-refractivity contribution in [2.75, 3.05) is 18.5 Å². The van der Waals surface area contributed by atoms with Crippen molar-refractivity contribution in [1.29, 1.82) is 0 Å². The summed E-state index contributed by atoms with van der Waals surface area (Å²) in [6, 6.07) is 8.13. The van der Waals surface area contributed by atoms with Gasteiger partial charge < -0.3 is 25.6 Å². The number of aliphatic hydroxyl groups excluding tert-OH is 1. The van der Waals surface area contributed by atoms with E-state index in [4.69, 9.17) is 16.4 Å². The number of benzene rings is 1. The number of imidazole rings is 1. The maximum absolute atomic E-state index is 13.0. The van der Waals surface area contributed by atoms with Gasteiger partial charge in [0.25, 0.3) is 5.91 Å². The van der Waals surface area contributed by atoms with Crippen LogP contribution in [0.1, 0.15) is 40.5 Å². The fourth-order valence-corrected chi connectivity index (χ4v) is 3.78. The van der Waals surface area contributed by atoms with Gasteiger partial charge in [-0.05, 0) is 37.1 Å². The number of fused-ring (bicyclic) bond motifs is 1. The number of hydrazone groups is 1. The fourth-order valence-electron chi connectivity index (χ4n) is 3.78. The molecule has 0 saturated heterocycles. The minimum absolute atomic E-state index is 0.0869. The lowest BCUT2D eigenvalue weighted by Gasteiger charge is -2.24. The van der Waals surface area contributed by atoms with Crippen LogP contribution in [-0.4, -0.2) is 55.6 Å². The number of amidine groups is 1. The van der Waals surface area contributed by atoms with E-state index in [1.165, 1.54) is 17.9 Å². The van der Waals surface area contributed by atoms with Gasteiger partial charge in [0.05, 0.1) is 35.6 Å². The molecule has 0 bridgehead atoms. The lowest BCUT2D eigenvalue weighted by Crippen LogP contribution is -2.49. The van der Waals surface area contributed by atoms with Crippen LogP contribution >= 0.6 is 0 Å². The predicted molar refractivity (Wildman–Crippen MR) is 121 cm³/mol. The number of rotatable bonds is 5. The summed E-state index contributed by atoms with van der Waals surface area (Å²) in [5, 5.41) is 17.5. The Bertz CT molecular complexity index is 1220. The number of para-hydroxylation sites is 1. The maximum Gasteiger partial charge on any atom is 0.274 e. The Kier molecular flexibility index (Phi) is 5.40. The Labute approximate surface area is 189 Å². The number of aliphatic hydroxyl groups is 1. The second kappa shape index (κ2) is 8.52. The monoisotopic (exact) mass is 448 g/mol. The van der Waals surface area contributed by atoms with Crippen LogP contribution < -0.4 is 21.7 Å². The van der Waals surface area contributed by atoms with Crippen LogP contribution in [0.4, 0.5) is 5.69 Å². The van der Waals surface area contributed by atoms with Gasteiger partial charge in [0.2, 0.25) is 0 Å². The van der Waals surface area contributed by atoms with Crippen molar-refractivity contribution in [2.24, 2.45) is 16.8 Å². The van der Waals surface area contributed by atoms with E-state index in [9.17, 15) is 9.90 Å². The number of carbonyl (C=O) groups excluding carboxylic acids is 1.